The first-order valence-corrected chi connectivity index (χ1v) is 7.96. The normalized spacial score (nSPS) is 18.5. The summed E-state index contributed by atoms with van der Waals surface area (Å²) in [4.78, 5) is 12.8. The molecule has 0 aliphatic heterocycles. The van der Waals surface area contributed by atoms with Gasteiger partial charge in [0.1, 0.15) is 5.60 Å². The summed E-state index contributed by atoms with van der Waals surface area (Å²) in [5.41, 5.74) is 0.416. The summed E-state index contributed by atoms with van der Waals surface area (Å²) in [5, 5.41) is 0.682. The van der Waals surface area contributed by atoms with Gasteiger partial charge in [-0.25, -0.2) is 0 Å². The fraction of sp³-hybridized carbons (Fsp3) is 0.588. The van der Waals surface area contributed by atoms with Crippen molar-refractivity contribution in [2.45, 2.75) is 57.5 Å². The molecule has 0 N–H and O–H groups in total. The number of carbonyl (C=O) groups excluding carboxylic acids is 1. The molecular weight excluding hydrogens is 272 g/mol. The number of carbonyl (C=O) groups is 1. The summed E-state index contributed by atoms with van der Waals surface area (Å²) in [6.45, 7) is 2.57. The first kappa shape index (κ1) is 15.5. The molecule has 2 nitrogen and oxygen atoms in total. The van der Waals surface area contributed by atoms with Crippen LogP contribution in [0.15, 0.2) is 24.3 Å². The van der Waals surface area contributed by atoms with Crippen molar-refractivity contribution >= 4 is 17.4 Å². The third kappa shape index (κ3) is 3.83. The molecule has 1 aromatic rings. The molecule has 0 amide bonds. The zero-order valence-corrected chi connectivity index (χ0v) is 12.9. The van der Waals surface area contributed by atoms with Crippen LogP contribution in [0.4, 0.5) is 0 Å². The number of hydrogen-bond acceptors (Lipinski definition) is 2. The van der Waals surface area contributed by atoms with Gasteiger partial charge in [-0.3, -0.25) is 4.79 Å². The Hall–Kier alpha value is -0.860. The van der Waals surface area contributed by atoms with Gasteiger partial charge in [-0.15, -0.1) is 0 Å². The Labute approximate surface area is 126 Å². The predicted molar refractivity (Wildman–Crippen MR) is 82.2 cm³/mol. The quantitative estimate of drug-likeness (QED) is 0.743. The van der Waals surface area contributed by atoms with E-state index in [1.807, 2.05) is 31.2 Å². The lowest BCUT2D eigenvalue weighted by molar-refractivity contribution is -0.145. The van der Waals surface area contributed by atoms with E-state index in [0.717, 1.165) is 31.2 Å². The van der Waals surface area contributed by atoms with E-state index in [-0.39, 0.29) is 5.78 Å². The smallest absolute Gasteiger partial charge is 0.168 e. The average Bonchev–Trinajstić information content (AvgIpc) is 2.66. The highest BCUT2D eigenvalue weighted by atomic mass is 35.5. The zero-order chi connectivity index (χ0) is 14.4. The second kappa shape index (κ2) is 7.24. The first-order chi connectivity index (χ1) is 9.66. The maximum atomic E-state index is 12.8. The van der Waals surface area contributed by atoms with Gasteiger partial charge in [0.05, 0.1) is 0 Å². The topological polar surface area (TPSA) is 26.3 Å². The molecule has 1 aromatic carbocycles. The highest BCUT2D eigenvalue weighted by Gasteiger charge is 2.38. The maximum Gasteiger partial charge on any atom is 0.168 e. The third-order valence-electron chi connectivity index (χ3n) is 4.09. The average molecular weight is 295 g/mol. The van der Waals surface area contributed by atoms with Crippen LogP contribution in [0.1, 0.15) is 51.0 Å². The number of ether oxygens (including phenoxy) is 1. The third-order valence-corrected chi connectivity index (χ3v) is 4.33. The van der Waals surface area contributed by atoms with Crippen molar-refractivity contribution in [1.82, 2.24) is 0 Å². The summed E-state index contributed by atoms with van der Waals surface area (Å²) >= 11 is 5.99. The van der Waals surface area contributed by atoms with E-state index in [4.69, 9.17) is 16.3 Å². The van der Waals surface area contributed by atoms with Gasteiger partial charge in [-0.1, -0.05) is 49.4 Å². The van der Waals surface area contributed by atoms with Crippen LogP contribution in [0.2, 0.25) is 5.02 Å². The van der Waals surface area contributed by atoms with E-state index < -0.39 is 5.60 Å². The minimum atomic E-state index is -0.562. The van der Waals surface area contributed by atoms with E-state index in [1.54, 1.807) is 0 Å². The monoisotopic (exact) mass is 294 g/mol. The second-order valence-electron chi connectivity index (χ2n) is 5.57. The van der Waals surface area contributed by atoms with Gasteiger partial charge in [0.2, 0.25) is 0 Å². The summed E-state index contributed by atoms with van der Waals surface area (Å²) in [5.74, 6) is 0.212. The van der Waals surface area contributed by atoms with Crippen molar-refractivity contribution in [2.24, 2.45) is 0 Å². The molecule has 1 saturated carbocycles. The van der Waals surface area contributed by atoms with Gasteiger partial charge >= 0.3 is 0 Å². The standard InChI is InChI=1S/C17H23ClO2/c1-2-20-17(10-5-3-4-6-11-17)16(19)13-14-8-7-9-15(18)12-14/h7-9,12H,2-6,10-11,13H2,1H3. The molecule has 0 bridgehead atoms. The lowest BCUT2D eigenvalue weighted by Crippen LogP contribution is -2.42. The van der Waals surface area contributed by atoms with Crippen LogP contribution in [0.3, 0.4) is 0 Å². The highest BCUT2D eigenvalue weighted by Crippen LogP contribution is 2.32. The van der Waals surface area contributed by atoms with Crippen LogP contribution in [-0.2, 0) is 16.0 Å². The number of hydrogen-bond donors (Lipinski definition) is 0. The van der Waals surface area contributed by atoms with Gasteiger partial charge in [0.15, 0.2) is 5.78 Å². The number of Topliss-reactive ketones (excluding diaryl/α,β-unsaturated/α-hetero) is 1. The molecule has 0 unspecified atom stereocenters. The lowest BCUT2D eigenvalue weighted by Gasteiger charge is -2.31. The molecule has 0 radical (unpaired) electrons. The molecule has 0 aromatic heterocycles. The number of rotatable bonds is 5. The SMILES string of the molecule is CCOC1(C(=O)Cc2cccc(Cl)c2)CCCCCC1. The number of benzene rings is 1. The van der Waals surface area contributed by atoms with E-state index >= 15 is 0 Å². The van der Waals surface area contributed by atoms with Crippen molar-refractivity contribution in [3.8, 4) is 0 Å². The van der Waals surface area contributed by atoms with E-state index in [0.29, 0.717) is 18.1 Å². The van der Waals surface area contributed by atoms with Crippen LogP contribution in [-0.4, -0.2) is 18.0 Å². The molecule has 110 valence electrons. The van der Waals surface area contributed by atoms with Gasteiger partial charge in [0.25, 0.3) is 0 Å². The zero-order valence-electron chi connectivity index (χ0n) is 12.2. The number of halogens is 1. The Morgan fingerprint density at radius 2 is 1.95 bits per heavy atom. The molecule has 2 rings (SSSR count). The van der Waals surface area contributed by atoms with Gasteiger partial charge < -0.3 is 4.74 Å². The van der Waals surface area contributed by atoms with Gasteiger partial charge in [-0.2, -0.15) is 0 Å². The molecular formula is C17H23ClO2. The van der Waals surface area contributed by atoms with Crippen LogP contribution in [0.5, 0.6) is 0 Å². The fourth-order valence-corrected chi connectivity index (χ4v) is 3.29. The minimum absolute atomic E-state index is 0.212. The van der Waals surface area contributed by atoms with Crippen LogP contribution in [0.25, 0.3) is 0 Å². The predicted octanol–water partition coefficient (Wildman–Crippen LogP) is 4.58. The molecule has 1 fully saturated rings. The Morgan fingerprint density at radius 3 is 2.55 bits per heavy atom. The molecule has 1 aliphatic carbocycles. The molecule has 0 spiro atoms. The van der Waals surface area contributed by atoms with Crippen LogP contribution < -0.4 is 0 Å². The van der Waals surface area contributed by atoms with Gasteiger partial charge in [0, 0.05) is 18.1 Å². The van der Waals surface area contributed by atoms with E-state index in [1.165, 1.54) is 12.8 Å². The van der Waals surface area contributed by atoms with E-state index in [2.05, 4.69) is 0 Å². The summed E-state index contributed by atoms with van der Waals surface area (Å²) in [6.07, 6.45) is 6.72. The first-order valence-electron chi connectivity index (χ1n) is 7.58. The molecule has 20 heavy (non-hydrogen) atoms. The second-order valence-corrected chi connectivity index (χ2v) is 6.01. The summed E-state index contributed by atoms with van der Waals surface area (Å²) in [6, 6.07) is 7.56. The fourth-order valence-electron chi connectivity index (χ4n) is 3.07. The summed E-state index contributed by atoms with van der Waals surface area (Å²) in [7, 11) is 0. The van der Waals surface area contributed by atoms with Crippen LogP contribution in [0, 0.1) is 0 Å². The lowest BCUT2D eigenvalue weighted by atomic mass is 9.86. The Kier molecular flexibility index (Phi) is 5.62. The Morgan fingerprint density at radius 1 is 1.25 bits per heavy atom. The van der Waals surface area contributed by atoms with E-state index in [9.17, 15) is 4.79 Å². The maximum absolute atomic E-state index is 12.8. The Bertz CT molecular complexity index is 448. The van der Waals surface area contributed by atoms with Gasteiger partial charge in [-0.05, 0) is 37.5 Å². The van der Waals surface area contributed by atoms with Crippen LogP contribution >= 0.6 is 11.6 Å². The highest BCUT2D eigenvalue weighted by molar-refractivity contribution is 6.30. The molecule has 3 heteroatoms. The molecule has 0 saturated heterocycles. The molecule has 1 aliphatic rings. The molecule has 0 heterocycles. The van der Waals surface area contributed by atoms with Crippen molar-refractivity contribution in [1.29, 1.82) is 0 Å². The summed E-state index contributed by atoms with van der Waals surface area (Å²) < 4.78 is 5.93. The van der Waals surface area contributed by atoms with Crippen molar-refractivity contribution < 1.29 is 9.53 Å². The minimum Gasteiger partial charge on any atom is -0.367 e. The van der Waals surface area contributed by atoms with Crippen molar-refractivity contribution in [3.63, 3.8) is 0 Å². The molecule has 0 atom stereocenters. The largest absolute Gasteiger partial charge is 0.367 e. The van der Waals surface area contributed by atoms with Crippen molar-refractivity contribution in [3.05, 3.63) is 34.9 Å². The number of ketones is 1. The van der Waals surface area contributed by atoms with Crippen molar-refractivity contribution in [2.75, 3.05) is 6.61 Å². The Balaban J connectivity index is 2.13.